The summed E-state index contributed by atoms with van der Waals surface area (Å²) in [7, 11) is 0. The fourth-order valence-corrected chi connectivity index (χ4v) is 2.45. The number of rotatable bonds is 3. The Morgan fingerprint density at radius 3 is 3.00 bits per heavy atom. The predicted octanol–water partition coefficient (Wildman–Crippen LogP) is 2.54. The van der Waals surface area contributed by atoms with Crippen LogP contribution >= 0.6 is 0 Å². The van der Waals surface area contributed by atoms with E-state index >= 15 is 0 Å². The molecule has 2 atom stereocenters. The molecule has 88 valence electrons. The molecule has 0 spiro atoms. The Kier molecular flexibility index (Phi) is 4.28. The van der Waals surface area contributed by atoms with Gasteiger partial charge in [0, 0.05) is 18.8 Å². The van der Waals surface area contributed by atoms with Crippen molar-refractivity contribution in [3.8, 4) is 0 Å². The maximum atomic E-state index is 4.24. The zero-order chi connectivity index (χ0) is 11.2. The molecule has 0 radical (unpaired) electrons. The lowest BCUT2D eigenvalue weighted by atomic mass is 9.97. The highest BCUT2D eigenvalue weighted by molar-refractivity contribution is 4.97. The van der Waals surface area contributed by atoms with Gasteiger partial charge in [0.2, 0.25) is 0 Å². The maximum absolute atomic E-state index is 4.24. The van der Waals surface area contributed by atoms with E-state index in [1.807, 2.05) is 6.07 Å². The molecular formula is C13H21N3. The number of nitrogens with one attached hydrogen (secondary N) is 1. The van der Waals surface area contributed by atoms with Crippen molar-refractivity contribution in [2.45, 2.75) is 51.6 Å². The molecular weight excluding hydrogens is 198 g/mol. The van der Waals surface area contributed by atoms with Crippen LogP contribution in [-0.4, -0.2) is 16.0 Å². The van der Waals surface area contributed by atoms with Crippen molar-refractivity contribution in [3.63, 3.8) is 0 Å². The lowest BCUT2D eigenvalue weighted by molar-refractivity contribution is 0.354. The van der Waals surface area contributed by atoms with Gasteiger partial charge in [-0.25, -0.2) is 9.97 Å². The maximum Gasteiger partial charge on any atom is 0.115 e. The molecule has 1 aliphatic rings. The van der Waals surface area contributed by atoms with Crippen LogP contribution in [0.15, 0.2) is 18.6 Å². The minimum atomic E-state index is 0.664. The third-order valence-electron chi connectivity index (χ3n) is 3.55. The Labute approximate surface area is 97.7 Å². The molecule has 16 heavy (non-hydrogen) atoms. The summed E-state index contributed by atoms with van der Waals surface area (Å²) in [5, 5.41) is 3.64. The number of aromatic nitrogens is 2. The van der Waals surface area contributed by atoms with Gasteiger partial charge in [-0.3, -0.25) is 0 Å². The fraction of sp³-hybridized carbons (Fsp3) is 0.692. The molecule has 2 unspecified atom stereocenters. The van der Waals surface area contributed by atoms with Crippen molar-refractivity contribution in [2.24, 2.45) is 5.92 Å². The normalized spacial score (nSPS) is 26.3. The molecule has 0 bridgehead atoms. The van der Waals surface area contributed by atoms with E-state index in [4.69, 9.17) is 0 Å². The van der Waals surface area contributed by atoms with Crippen LogP contribution in [0.1, 0.15) is 44.7 Å². The van der Waals surface area contributed by atoms with Gasteiger partial charge in [-0.1, -0.05) is 26.2 Å². The molecule has 1 heterocycles. The lowest BCUT2D eigenvalue weighted by Crippen LogP contribution is -2.34. The Bertz CT molecular complexity index is 299. The zero-order valence-corrected chi connectivity index (χ0v) is 10.0. The second-order valence-electron chi connectivity index (χ2n) is 4.80. The molecule has 1 saturated carbocycles. The van der Waals surface area contributed by atoms with Gasteiger partial charge in [-0.2, -0.15) is 0 Å². The molecule has 0 saturated heterocycles. The van der Waals surface area contributed by atoms with Crippen LogP contribution in [0.5, 0.6) is 0 Å². The summed E-state index contributed by atoms with van der Waals surface area (Å²) in [6.07, 6.45) is 10.3. The quantitative estimate of drug-likeness (QED) is 0.794. The van der Waals surface area contributed by atoms with E-state index in [-0.39, 0.29) is 0 Å². The van der Waals surface area contributed by atoms with Crippen LogP contribution in [0.4, 0.5) is 0 Å². The fourth-order valence-electron chi connectivity index (χ4n) is 2.45. The Hall–Kier alpha value is -0.960. The first-order chi connectivity index (χ1) is 7.86. The molecule has 0 aromatic carbocycles. The third kappa shape index (κ3) is 3.27. The average molecular weight is 219 g/mol. The molecule has 1 aromatic rings. The summed E-state index contributed by atoms with van der Waals surface area (Å²) >= 11 is 0. The van der Waals surface area contributed by atoms with E-state index in [2.05, 4.69) is 22.2 Å². The summed E-state index contributed by atoms with van der Waals surface area (Å²) < 4.78 is 0. The van der Waals surface area contributed by atoms with Crippen molar-refractivity contribution in [2.75, 3.05) is 0 Å². The summed E-state index contributed by atoms with van der Waals surface area (Å²) in [5.74, 6) is 0.796. The molecule has 1 fully saturated rings. The number of hydrogen-bond acceptors (Lipinski definition) is 3. The second-order valence-corrected chi connectivity index (χ2v) is 4.80. The highest BCUT2D eigenvalue weighted by Gasteiger charge is 2.18. The van der Waals surface area contributed by atoms with Crippen molar-refractivity contribution in [3.05, 3.63) is 24.3 Å². The van der Waals surface area contributed by atoms with Gasteiger partial charge in [0.15, 0.2) is 0 Å². The summed E-state index contributed by atoms with van der Waals surface area (Å²) in [5.41, 5.74) is 1.09. The highest BCUT2D eigenvalue weighted by Crippen LogP contribution is 2.23. The Balaban J connectivity index is 1.84. The Morgan fingerprint density at radius 2 is 2.19 bits per heavy atom. The monoisotopic (exact) mass is 219 g/mol. The smallest absolute Gasteiger partial charge is 0.115 e. The molecule has 1 N–H and O–H groups in total. The van der Waals surface area contributed by atoms with Gasteiger partial charge >= 0.3 is 0 Å². The molecule has 0 amide bonds. The van der Waals surface area contributed by atoms with Crippen molar-refractivity contribution in [1.29, 1.82) is 0 Å². The van der Waals surface area contributed by atoms with Gasteiger partial charge in [0.05, 0.1) is 5.69 Å². The SMILES string of the molecule is CC1CCCCCC1NCc1ccncn1. The van der Waals surface area contributed by atoms with Crippen LogP contribution in [0, 0.1) is 5.92 Å². The van der Waals surface area contributed by atoms with E-state index < -0.39 is 0 Å². The molecule has 3 nitrogen and oxygen atoms in total. The van der Waals surface area contributed by atoms with Crippen LogP contribution in [0.25, 0.3) is 0 Å². The highest BCUT2D eigenvalue weighted by atomic mass is 14.9. The van der Waals surface area contributed by atoms with E-state index in [9.17, 15) is 0 Å². The third-order valence-corrected chi connectivity index (χ3v) is 3.55. The van der Waals surface area contributed by atoms with Crippen LogP contribution < -0.4 is 5.32 Å². The lowest BCUT2D eigenvalue weighted by Gasteiger charge is -2.22. The topological polar surface area (TPSA) is 37.8 Å². The largest absolute Gasteiger partial charge is 0.308 e. The molecule has 3 heteroatoms. The van der Waals surface area contributed by atoms with Crippen LogP contribution in [-0.2, 0) is 6.54 Å². The summed E-state index contributed by atoms with van der Waals surface area (Å²) in [4.78, 5) is 8.17. The molecule has 2 rings (SSSR count). The summed E-state index contributed by atoms with van der Waals surface area (Å²) in [6.45, 7) is 3.24. The Morgan fingerprint density at radius 1 is 1.31 bits per heavy atom. The number of hydrogen-bond donors (Lipinski definition) is 1. The minimum Gasteiger partial charge on any atom is -0.308 e. The standard InChI is InChI=1S/C13H21N3/c1-11-5-3-2-4-6-13(11)15-9-12-7-8-14-10-16-12/h7-8,10-11,13,15H,2-6,9H2,1H3. The molecule has 1 aliphatic carbocycles. The van der Waals surface area contributed by atoms with Crippen LogP contribution in [0.3, 0.4) is 0 Å². The van der Waals surface area contributed by atoms with Gasteiger partial charge in [0.25, 0.3) is 0 Å². The van der Waals surface area contributed by atoms with Crippen molar-refractivity contribution >= 4 is 0 Å². The van der Waals surface area contributed by atoms with E-state index in [0.717, 1.165) is 18.2 Å². The van der Waals surface area contributed by atoms with E-state index in [1.165, 1.54) is 32.1 Å². The van der Waals surface area contributed by atoms with Gasteiger partial charge < -0.3 is 5.32 Å². The van der Waals surface area contributed by atoms with Gasteiger partial charge in [0.1, 0.15) is 6.33 Å². The first-order valence-electron chi connectivity index (χ1n) is 6.34. The van der Waals surface area contributed by atoms with Crippen molar-refractivity contribution in [1.82, 2.24) is 15.3 Å². The number of nitrogens with zero attached hydrogens (tertiary/aromatic N) is 2. The molecule has 1 aromatic heterocycles. The van der Waals surface area contributed by atoms with Gasteiger partial charge in [-0.15, -0.1) is 0 Å². The molecule has 0 aliphatic heterocycles. The van der Waals surface area contributed by atoms with Crippen molar-refractivity contribution < 1.29 is 0 Å². The average Bonchev–Trinajstić information content (AvgIpc) is 2.53. The minimum absolute atomic E-state index is 0.664. The van der Waals surface area contributed by atoms with Crippen LogP contribution in [0.2, 0.25) is 0 Å². The zero-order valence-electron chi connectivity index (χ0n) is 10.0. The van der Waals surface area contributed by atoms with Gasteiger partial charge in [-0.05, 0) is 24.8 Å². The van der Waals surface area contributed by atoms with E-state index in [0.29, 0.717) is 6.04 Å². The first-order valence-corrected chi connectivity index (χ1v) is 6.34. The van der Waals surface area contributed by atoms with E-state index in [1.54, 1.807) is 12.5 Å². The predicted molar refractivity (Wildman–Crippen MR) is 64.9 cm³/mol. The second kappa shape index (κ2) is 5.94. The first kappa shape index (κ1) is 11.5. The summed E-state index contributed by atoms with van der Waals surface area (Å²) in [6, 6.07) is 2.64.